The Hall–Kier alpha value is -0.940. The van der Waals surface area contributed by atoms with E-state index < -0.39 is 0 Å². The molecule has 5 heteroatoms. The molecule has 1 fully saturated rings. The van der Waals surface area contributed by atoms with Crippen molar-refractivity contribution in [2.45, 2.75) is 53.1 Å². The molecule has 0 amide bonds. The molecule has 120 valence electrons. The molecule has 1 N–H and O–H groups in total. The molecule has 1 unspecified atom stereocenters. The van der Waals surface area contributed by atoms with Crippen molar-refractivity contribution in [3.63, 3.8) is 0 Å². The first-order valence-electron chi connectivity index (χ1n) is 8.48. The summed E-state index contributed by atoms with van der Waals surface area (Å²) in [5.41, 5.74) is 0. The lowest BCUT2D eigenvalue weighted by Gasteiger charge is -2.32. The van der Waals surface area contributed by atoms with E-state index in [0.29, 0.717) is 5.92 Å². The van der Waals surface area contributed by atoms with Crippen molar-refractivity contribution in [1.82, 2.24) is 25.0 Å². The average molecular weight is 293 g/mol. The summed E-state index contributed by atoms with van der Waals surface area (Å²) in [7, 11) is 0. The first kappa shape index (κ1) is 16.4. The summed E-state index contributed by atoms with van der Waals surface area (Å²) in [6.45, 7) is 13.2. The molecule has 0 bridgehead atoms. The molecule has 2 heterocycles. The largest absolute Gasteiger partial charge is 0.316 e. The van der Waals surface area contributed by atoms with Gasteiger partial charge in [0.15, 0.2) is 0 Å². The zero-order valence-corrected chi connectivity index (χ0v) is 13.9. The molecular weight excluding hydrogens is 262 g/mol. The van der Waals surface area contributed by atoms with Crippen LogP contribution >= 0.6 is 0 Å². The van der Waals surface area contributed by atoms with E-state index in [0.717, 1.165) is 37.9 Å². The molecule has 1 saturated heterocycles. The Kier molecular flexibility index (Phi) is 6.64. The second kappa shape index (κ2) is 8.49. The minimum atomic E-state index is 0.609. The van der Waals surface area contributed by atoms with Crippen LogP contribution in [0.15, 0.2) is 6.33 Å². The second-order valence-electron chi connectivity index (χ2n) is 6.70. The Bertz CT molecular complexity index is 401. The van der Waals surface area contributed by atoms with Crippen molar-refractivity contribution in [3.8, 4) is 0 Å². The predicted molar refractivity (Wildman–Crippen MR) is 86.0 cm³/mol. The molecule has 0 spiro atoms. The lowest BCUT2D eigenvalue weighted by molar-refractivity contribution is 0.159. The molecule has 0 aliphatic carbocycles. The number of likely N-dealkylation sites (tertiary alicyclic amines) is 1. The van der Waals surface area contributed by atoms with Gasteiger partial charge in [-0.25, -0.2) is 9.67 Å². The predicted octanol–water partition coefficient (Wildman–Crippen LogP) is 2.15. The lowest BCUT2D eigenvalue weighted by Crippen LogP contribution is -2.39. The molecule has 1 aliphatic rings. The number of hydrogen-bond donors (Lipinski definition) is 1. The van der Waals surface area contributed by atoms with Gasteiger partial charge in [-0.2, -0.15) is 5.10 Å². The molecule has 0 saturated carbocycles. The van der Waals surface area contributed by atoms with E-state index in [1.807, 2.05) is 0 Å². The van der Waals surface area contributed by atoms with Crippen LogP contribution < -0.4 is 5.32 Å². The summed E-state index contributed by atoms with van der Waals surface area (Å²) >= 11 is 0. The Morgan fingerprint density at radius 2 is 2.29 bits per heavy atom. The smallest absolute Gasteiger partial charge is 0.141 e. The van der Waals surface area contributed by atoms with Gasteiger partial charge in [-0.05, 0) is 50.7 Å². The quantitative estimate of drug-likeness (QED) is 0.746. The van der Waals surface area contributed by atoms with E-state index in [-0.39, 0.29) is 0 Å². The molecule has 2 rings (SSSR count). The highest BCUT2D eigenvalue weighted by atomic mass is 15.3. The Balaban J connectivity index is 1.83. The van der Waals surface area contributed by atoms with Crippen molar-refractivity contribution in [2.24, 2.45) is 11.8 Å². The number of hydrogen-bond acceptors (Lipinski definition) is 4. The highest BCUT2D eigenvalue weighted by molar-refractivity contribution is 4.87. The number of aromatic nitrogens is 3. The molecule has 21 heavy (non-hydrogen) atoms. The molecule has 0 aromatic carbocycles. The van der Waals surface area contributed by atoms with Crippen LogP contribution in [-0.2, 0) is 13.1 Å². The van der Waals surface area contributed by atoms with E-state index in [1.165, 1.54) is 32.4 Å². The summed E-state index contributed by atoms with van der Waals surface area (Å²) in [6.07, 6.45) is 5.57. The van der Waals surface area contributed by atoms with Gasteiger partial charge in [0.25, 0.3) is 0 Å². The van der Waals surface area contributed by atoms with Crippen molar-refractivity contribution >= 4 is 0 Å². The van der Waals surface area contributed by atoms with Crippen molar-refractivity contribution in [2.75, 3.05) is 26.2 Å². The minimum Gasteiger partial charge on any atom is -0.316 e. The summed E-state index contributed by atoms with van der Waals surface area (Å²) in [4.78, 5) is 7.00. The van der Waals surface area contributed by atoms with E-state index in [2.05, 4.69) is 45.8 Å². The molecule has 1 aromatic rings. The molecule has 1 aliphatic heterocycles. The van der Waals surface area contributed by atoms with E-state index >= 15 is 0 Å². The fraction of sp³-hybridized carbons (Fsp3) is 0.875. The third-order valence-corrected chi connectivity index (χ3v) is 4.06. The van der Waals surface area contributed by atoms with Crippen molar-refractivity contribution < 1.29 is 0 Å². The van der Waals surface area contributed by atoms with E-state index in [9.17, 15) is 0 Å². The second-order valence-corrected chi connectivity index (χ2v) is 6.70. The number of rotatable bonds is 8. The number of piperidine rings is 1. The molecule has 5 nitrogen and oxygen atoms in total. The third-order valence-electron chi connectivity index (χ3n) is 4.06. The van der Waals surface area contributed by atoms with Gasteiger partial charge >= 0.3 is 0 Å². The molecular formula is C16H31N5. The van der Waals surface area contributed by atoms with E-state index in [1.54, 1.807) is 6.33 Å². The van der Waals surface area contributed by atoms with Gasteiger partial charge in [-0.1, -0.05) is 20.8 Å². The maximum atomic E-state index is 4.46. The van der Waals surface area contributed by atoms with Crippen molar-refractivity contribution in [3.05, 3.63) is 12.2 Å². The number of nitrogens with one attached hydrogen (secondary N) is 1. The Labute approximate surface area is 129 Å². The summed E-state index contributed by atoms with van der Waals surface area (Å²) in [5.74, 6) is 2.51. The standard InChI is InChI=1S/C16H31N5/c1-4-7-17-9-15-6-5-8-20(11-15)12-16-18-13-19-21(16)10-14(2)3/h13-15,17H,4-12H2,1-3H3. The first-order valence-corrected chi connectivity index (χ1v) is 8.48. The van der Waals surface area contributed by atoms with Gasteiger partial charge in [-0.15, -0.1) is 0 Å². The number of nitrogens with zero attached hydrogens (tertiary/aromatic N) is 4. The molecule has 1 atom stereocenters. The van der Waals surface area contributed by atoms with Gasteiger partial charge in [0.05, 0.1) is 6.54 Å². The minimum absolute atomic E-state index is 0.609. The van der Waals surface area contributed by atoms with Crippen LogP contribution in [0.25, 0.3) is 0 Å². The molecule has 1 aromatic heterocycles. The molecule has 0 radical (unpaired) electrons. The van der Waals surface area contributed by atoms with Crippen LogP contribution in [0.3, 0.4) is 0 Å². The average Bonchev–Trinajstić information content (AvgIpc) is 2.86. The van der Waals surface area contributed by atoms with Crippen LogP contribution in [-0.4, -0.2) is 45.8 Å². The lowest BCUT2D eigenvalue weighted by atomic mass is 9.98. The topological polar surface area (TPSA) is 46.0 Å². The van der Waals surface area contributed by atoms with Crippen molar-refractivity contribution in [1.29, 1.82) is 0 Å². The van der Waals surface area contributed by atoms with Gasteiger partial charge < -0.3 is 5.32 Å². The highest BCUT2D eigenvalue weighted by Crippen LogP contribution is 2.17. The van der Waals surface area contributed by atoms with Crippen LogP contribution in [0.1, 0.15) is 45.9 Å². The van der Waals surface area contributed by atoms with Crippen LogP contribution in [0.5, 0.6) is 0 Å². The van der Waals surface area contributed by atoms with Gasteiger partial charge in [-0.3, -0.25) is 4.90 Å². The third kappa shape index (κ3) is 5.40. The van der Waals surface area contributed by atoms with Gasteiger partial charge in [0.1, 0.15) is 12.2 Å². The summed E-state index contributed by atoms with van der Waals surface area (Å²) in [6, 6.07) is 0. The summed E-state index contributed by atoms with van der Waals surface area (Å²) < 4.78 is 2.07. The normalized spacial score (nSPS) is 20.3. The van der Waals surface area contributed by atoms with Gasteiger partial charge in [0.2, 0.25) is 0 Å². The monoisotopic (exact) mass is 293 g/mol. The highest BCUT2D eigenvalue weighted by Gasteiger charge is 2.21. The fourth-order valence-electron chi connectivity index (χ4n) is 3.05. The zero-order chi connectivity index (χ0) is 15.1. The Morgan fingerprint density at radius 3 is 3.05 bits per heavy atom. The maximum Gasteiger partial charge on any atom is 0.141 e. The summed E-state index contributed by atoms with van der Waals surface area (Å²) in [5, 5.41) is 7.93. The van der Waals surface area contributed by atoms with Crippen LogP contribution in [0.2, 0.25) is 0 Å². The maximum absolute atomic E-state index is 4.46. The van der Waals surface area contributed by atoms with E-state index in [4.69, 9.17) is 0 Å². The first-order chi connectivity index (χ1) is 10.2. The zero-order valence-electron chi connectivity index (χ0n) is 13.9. The SMILES string of the molecule is CCCNCC1CCCN(Cc2ncnn2CC(C)C)C1. The Morgan fingerprint density at radius 1 is 1.43 bits per heavy atom. The van der Waals surface area contributed by atoms with Crippen LogP contribution in [0.4, 0.5) is 0 Å². The van der Waals surface area contributed by atoms with Gasteiger partial charge in [0, 0.05) is 13.1 Å². The fourth-order valence-corrected chi connectivity index (χ4v) is 3.05. The van der Waals surface area contributed by atoms with Crippen LogP contribution in [0, 0.1) is 11.8 Å².